The monoisotopic (exact) mass is 360 g/mol. The zero-order valence-corrected chi connectivity index (χ0v) is 14.4. The lowest BCUT2D eigenvalue weighted by atomic mass is 10.1. The molecule has 2 aromatic rings. The molecule has 132 valence electrons. The van der Waals surface area contributed by atoms with Crippen molar-refractivity contribution in [1.82, 2.24) is 10.3 Å². The minimum atomic E-state index is -3.69. The first-order valence-electron chi connectivity index (χ1n) is 7.61. The van der Waals surface area contributed by atoms with Gasteiger partial charge in [0.1, 0.15) is 5.82 Å². The molecule has 1 aromatic heterocycles. The maximum absolute atomic E-state index is 12.2. The quantitative estimate of drug-likeness (QED) is 0.614. The highest BCUT2D eigenvalue weighted by Crippen LogP contribution is 2.09. The van der Waals surface area contributed by atoms with Crippen molar-refractivity contribution in [2.75, 3.05) is 18.4 Å². The fourth-order valence-corrected chi connectivity index (χ4v) is 2.63. The summed E-state index contributed by atoms with van der Waals surface area (Å²) >= 11 is 0. The highest BCUT2D eigenvalue weighted by Gasteiger charge is 2.08. The lowest BCUT2D eigenvalue weighted by molar-refractivity contribution is 0.0954. The van der Waals surface area contributed by atoms with Crippen LogP contribution in [0.25, 0.3) is 0 Å². The van der Waals surface area contributed by atoms with Crippen LogP contribution < -0.4 is 15.8 Å². The molecule has 0 unspecified atom stereocenters. The Balaban J connectivity index is 1.89. The predicted octanol–water partition coefficient (Wildman–Crippen LogP) is 1.30. The number of anilines is 1. The zero-order valence-electron chi connectivity index (χ0n) is 13.6. The summed E-state index contributed by atoms with van der Waals surface area (Å²) in [6.07, 6.45) is 3.84. The molecule has 4 N–H and O–H groups in total. The van der Waals surface area contributed by atoms with E-state index in [1.54, 1.807) is 36.5 Å². The van der Waals surface area contributed by atoms with Crippen LogP contribution in [0.4, 0.5) is 5.82 Å². The van der Waals surface area contributed by atoms with Gasteiger partial charge in [0.25, 0.3) is 5.91 Å². The minimum absolute atomic E-state index is 0.0663. The third kappa shape index (κ3) is 5.70. The second-order valence-electron chi connectivity index (χ2n) is 5.29. The summed E-state index contributed by atoms with van der Waals surface area (Å²) < 4.78 is 22.4. The van der Waals surface area contributed by atoms with Crippen LogP contribution in [0.1, 0.15) is 15.9 Å². The van der Waals surface area contributed by atoms with Gasteiger partial charge in [-0.1, -0.05) is 18.2 Å². The molecule has 0 aliphatic rings. The Bertz CT molecular complexity index is 848. The van der Waals surface area contributed by atoms with E-state index >= 15 is 0 Å². The second-order valence-corrected chi connectivity index (χ2v) is 6.86. The number of pyridine rings is 1. The lowest BCUT2D eigenvalue weighted by Crippen LogP contribution is -2.25. The van der Waals surface area contributed by atoms with Crippen LogP contribution >= 0.6 is 0 Å². The maximum Gasteiger partial charge on any atom is 0.251 e. The molecule has 0 aliphatic heterocycles. The van der Waals surface area contributed by atoms with Gasteiger partial charge in [0.2, 0.25) is 10.0 Å². The molecule has 1 aromatic carbocycles. The van der Waals surface area contributed by atoms with Crippen LogP contribution in [0.3, 0.4) is 0 Å². The van der Waals surface area contributed by atoms with Gasteiger partial charge in [0, 0.05) is 24.8 Å². The average molecular weight is 360 g/mol. The Morgan fingerprint density at radius 1 is 1.24 bits per heavy atom. The molecule has 0 spiro atoms. The molecule has 2 rings (SSSR count). The average Bonchev–Trinajstić information content (AvgIpc) is 2.60. The predicted molar refractivity (Wildman–Crippen MR) is 96.8 cm³/mol. The first-order valence-corrected chi connectivity index (χ1v) is 9.15. The van der Waals surface area contributed by atoms with E-state index in [4.69, 9.17) is 5.14 Å². The van der Waals surface area contributed by atoms with Gasteiger partial charge in [-0.2, -0.15) is 0 Å². The number of carbonyl (C=O) groups is 1. The lowest BCUT2D eigenvalue weighted by Gasteiger charge is -2.08. The fraction of sp³-hybridized carbons (Fsp3) is 0.176. The molecule has 1 amide bonds. The molecule has 1 heterocycles. The van der Waals surface area contributed by atoms with E-state index in [0.717, 1.165) is 5.56 Å². The number of nitrogens with zero attached hydrogens (tertiary/aromatic N) is 1. The van der Waals surface area contributed by atoms with Crippen LogP contribution in [0.5, 0.6) is 0 Å². The summed E-state index contributed by atoms with van der Waals surface area (Å²) in [5.41, 5.74) is 1.40. The van der Waals surface area contributed by atoms with Crippen molar-refractivity contribution < 1.29 is 13.2 Å². The zero-order chi connectivity index (χ0) is 18.3. The van der Waals surface area contributed by atoms with Crippen molar-refractivity contribution in [2.45, 2.75) is 11.3 Å². The van der Waals surface area contributed by atoms with Crippen LogP contribution in [0.15, 0.2) is 60.1 Å². The van der Waals surface area contributed by atoms with Gasteiger partial charge in [-0.05, 0) is 36.2 Å². The number of hydrogen-bond donors (Lipinski definition) is 3. The molecule has 25 heavy (non-hydrogen) atoms. The van der Waals surface area contributed by atoms with Crippen LogP contribution in [0.2, 0.25) is 0 Å². The first kappa shape index (κ1) is 18.6. The van der Waals surface area contributed by atoms with E-state index in [-0.39, 0.29) is 10.8 Å². The minimum Gasteiger partial charge on any atom is -0.367 e. The Hall–Kier alpha value is -2.71. The number of nitrogens with two attached hydrogens (primary N) is 1. The molecule has 0 atom stereocenters. The van der Waals surface area contributed by atoms with Gasteiger partial charge in [0.15, 0.2) is 0 Å². The summed E-state index contributed by atoms with van der Waals surface area (Å²) in [6.45, 7) is 4.60. The van der Waals surface area contributed by atoms with Crippen molar-refractivity contribution in [3.05, 3.63) is 66.4 Å². The molecule has 0 saturated heterocycles. The standard InChI is InChI=1S/C17H20N4O3S/c1-2-9-19-16-12-14(8-11-20-16)17(22)21-10-7-13-3-5-15(6-4-13)25(18,23)24/h2-6,8,11-12H,1,7,9-10H2,(H,19,20)(H,21,22)(H2,18,23,24). The maximum atomic E-state index is 12.2. The fourth-order valence-electron chi connectivity index (χ4n) is 2.11. The highest BCUT2D eigenvalue weighted by molar-refractivity contribution is 7.89. The second kappa shape index (κ2) is 8.41. The summed E-state index contributed by atoms with van der Waals surface area (Å²) in [5.74, 6) is 0.399. The van der Waals surface area contributed by atoms with E-state index in [0.29, 0.717) is 30.9 Å². The Kier molecular flexibility index (Phi) is 6.26. The summed E-state index contributed by atoms with van der Waals surface area (Å²) in [5, 5.41) is 10.9. The van der Waals surface area contributed by atoms with Crippen LogP contribution in [-0.2, 0) is 16.4 Å². The van der Waals surface area contributed by atoms with Gasteiger partial charge < -0.3 is 10.6 Å². The molecule has 0 fully saturated rings. The summed E-state index contributed by atoms with van der Waals surface area (Å²) in [7, 11) is -3.69. The number of primary sulfonamides is 1. The van der Waals surface area contributed by atoms with Gasteiger partial charge in [-0.3, -0.25) is 4.79 Å². The number of rotatable bonds is 8. The molecular formula is C17H20N4O3S. The van der Waals surface area contributed by atoms with Gasteiger partial charge in [-0.25, -0.2) is 18.5 Å². The van der Waals surface area contributed by atoms with E-state index in [9.17, 15) is 13.2 Å². The largest absolute Gasteiger partial charge is 0.367 e. The Morgan fingerprint density at radius 3 is 2.60 bits per heavy atom. The molecule has 0 bridgehead atoms. The van der Waals surface area contributed by atoms with E-state index in [1.165, 1.54) is 12.1 Å². The van der Waals surface area contributed by atoms with Gasteiger partial charge in [0.05, 0.1) is 4.90 Å². The normalized spacial score (nSPS) is 10.9. The molecule has 0 radical (unpaired) electrons. The SMILES string of the molecule is C=CCNc1cc(C(=O)NCCc2ccc(S(N)(=O)=O)cc2)ccn1. The topological polar surface area (TPSA) is 114 Å². The van der Waals surface area contributed by atoms with Gasteiger partial charge in [-0.15, -0.1) is 6.58 Å². The van der Waals surface area contributed by atoms with Crippen LogP contribution in [0, 0.1) is 0 Å². The van der Waals surface area contributed by atoms with Gasteiger partial charge >= 0.3 is 0 Å². The highest BCUT2D eigenvalue weighted by atomic mass is 32.2. The first-order chi connectivity index (χ1) is 11.9. The number of hydrogen-bond acceptors (Lipinski definition) is 5. The van der Waals surface area contributed by atoms with Crippen molar-refractivity contribution in [2.24, 2.45) is 5.14 Å². The Morgan fingerprint density at radius 2 is 1.96 bits per heavy atom. The van der Waals surface area contributed by atoms with Crippen LogP contribution in [-0.4, -0.2) is 32.4 Å². The number of aromatic nitrogens is 1. The summed E-state index contributed by atoms with van der Waals surface area (Å²) in [6, 6.07) is 9.56. The Labute approximate surface area is 147 Å². The number of benzene rings is 1. The third-order valence-corrected chi connectivity index (χ3v) is 4.33. The third-order valence-electron chi connectivity index (χ3n) is 3.40. The summed E-state index contributed by atoms with van der Waals surface area (Å²) in [4.78, 5) is 16.3. The molecule has 7 nitrogen and oxygen atoms in total. The van der Waals surface area contributed by atoms with Crippen molar-refractivity contribution in [1.29, 1.82) is 0 Å². The van der Waals surface area contributed by atoms with E-state index < -0.39 is 10.0 Å². The van der Waals surface area contributed by atoms with Crippen molar-refractivity contribution in [3.8, 4) is 0 Å². The molecular weight excluding hydrogens is 340 g/mol. The smallest absolute Gasteiger partial charge is 0.251 e. The van der Waals surface area contributed by atoms with E-state index in [1.807, 2.05) is 0 Å². The number of amides is 1. The molecule has 0 saturated carbocycles. The number of nitrogens with one attached hydrogen (secondary N) is 2. The number of carbonyl (C=O) groups excluding carboxylic acids is 1. The molecule has 8 heteroatoms. The van der Waals surface area contributed by atoms with E-state index in [2.05, 4.69) is 22.2 Å². The molecule has 0 aliphatic carbocycles. The number of sulfonamides is 1. The van der Waals surface area contributed by atoms with Crippen molar-refractivity contribution >= 4 is 21.7 Å². The van der Waals surface area contributed by atoms with Crippen molar-refractivity contribution in [3.63, 3.8) is 0 Å².